The summed E-state index contributed by atoms with van der Waals surface area (Å²) in [5, 5.41) is 4.76. The maximum atomic E-state index is 12.9. The topological polar surface area (TPSA) is 59.8 Å². The second kappa shape index (κ2) is 8.07. The molecule has 0 N–H and O–H groups in total. The third-order valence-corrected chi connectivity index (χ3v) is 6.10. The zero-order chi connectivity index (χ0) is 21.4. The van der Waals surface area contributed by atoms with Gasteiger partial charge in [-0.05, 0) is 44.2 Å². The minimum absolute atomic E-state index is 0.0437. The van der Waals surface area contributed by atoms with Crippen molar-refractivity contribution >= 4 is 5.91 Å². The van der Waals surface area contributed by atoms with Crippen LogP contribution >= 0.6 is 0 Å². The number of amides is 1. The second-order valence-corrected chi connectivity index (χ2v) is 8.03. The van der Waals surface area contributed by atoms with Crippen LogP contribution in [0.4, 0.5) is 0 Å². The summed E-state index contributed by atoms with van der Waals surface area (Å²) in [4.78, 5) is 17.2. The average molecular weight is 418 g/mol. The van der Waals surface area contributed by atoms with Gasteiger partial charge in [-0.2, -0.15) is 5.10 Å². The SMILES string of the molecule is Cc1nn(-c2ccccc2)c(C)c1CN1CCN(C(=O)c2ccc3c(c2)OCO3)CC1. The third kappa shape index (κ3) is 3.77. The average Bonchev–Trinajstić information content (AvgIpc) is 3.39. The van der Waals surface area contributed by atoms with E-state index in [2.05, 4.69) is 30.9 Å². The number of hydrogen-bond acceptors (Lipinski definition) is 5. The van der Waals surface area contributed by atoms with Crippen molar-refractivity contribution in [1.29, 1.82) is 0 Å². The van der Waals surface area contributed by atoms with E-state index in [0.29, 0.717) is 30.2 Å². The second-order valence-electron chi connectivity index (χ2n) is 8.03. The van der Waals surface area contributed by atoms with E-state index >= 15 is 0 Å². The predicted octanol–water partition coefficient (Wildman–Crippen LogP) is 3.18. The molecule has 1 amide bonds. The molecular weight excluding hydrogens is 392 g/mol. The van der Waals surface area contributed by atoms with Gasteiger partial charge in [-0.3, -0.25) is 9.69 Å². The third-order valence-electron chi connectivity index (χ3n) is 6.10. The Bertz CT molecular complexity index is 1100. The van der Waals surface area contributed by atoms with E-state index in [1.165, 1.54) is 11.3 Å². The maximum Gasteiger partial charge on any atom is 0.254 e. The van der Waals surface area contributed by atoms with Crippen LogP contribution in [0, 0.1) is 13.8 Å². The minimum atomic E-state index is 0.0437. The van der Waals surface area contributed by atoms with Crippen molar-refractivity contribution in [2.24, 2.45) is 0 Å². The maximum absolute atomic E-state index is 12.9. The lowest BCUT2D eigenvalue weighted by atomic mass is 10.1. The predicted molar refractivity (Wildman–Crippen MR) is 117 cm³/mol. The fraction of sp³-hybridized carbons (Fsp3) is 0.333. The van der Waals surface area contributed by atoms with Crippen LogP contribution in [-0.2, 0) is 6.54 Å². The van der Waals surface area contributed by atoms with Crippen LogP contribution in [0.3, 0.4) is 0 Å². The van der Waals surface area contributed by atoms with Crippen molar-refractivity contribution in [2.75, 3.05) is 33.0 Å². The van der Waals surface area contributed by atoms with E-state index in [-0.39, 0.29) is 12.7 Å². The largest absolute Gasteiger partial charge is 0.454 e. The minimum Gasteiger partial charge on any atom is -0.454 e. The molecule has 0 radical (unpaired) electrons. The number of carbonyl (C=O) groups excluding carboxylic acids is 1. The Kier molecular flexibility index (Phi) is 5.11. The molecule has 2 aliphatic rings. The van der Waals surface area contributed by atoms with Crippen LogP contribution in [0.15, 0.2) is 48.5 Å². The van der Waals surface area contributed by atoms with Gasteiger partial charge in [0.05, 0.1) is 11.4 Å². The monoisotopic (exact) mass is 418 g/mol. The molecule has 1 saturated heterocycles. The number of fused-ring (bicyclic) bond motifs is 1. The number of para-hydroxylation sites is 1. The summed E-state index contributed by atoms with van der Waals surface area (Å²) in [7, 11) is 0. The Morgan fingerprint density at radius 2 is 1.71 bits per heavy atom. The number of piperazine rings is 1. The van der Waals surface area contributed by atoms with Gasteiger partial charge in [-0.1, -0.05) is 18.2 Å². The molecule has 7 heteroatoms. The van der Waals surface area contributed by atoms with E-state index in [1.807, 2.05) is 39.9 Å². The first-order chi connectivity index (χ1) is 15.1. The molecule has 0 spiro atoms. The Morgan fingerprint density at radius 3 is 2.48 bits per heavy atom. The number of benzene rings is 2. The number of hydrogen-bond donors (Lipinski definition) is 0. The molecule has 3 heterocycles. The summed E-state index contributed by atoms with van der Waals surface area (Å²) < 4.78 is 12.8. The molecule has 2 aliphatic heterocycles. The zero-order valence-electron chi connectivity index (χ0n) is 17.9. The highest BCUT2D eigenvalue weighted by molar-refractivity contribution is 5.95. The summed E-state index contributed by atoms with van der Waals surface area (Å²) in [6.07, 6.45) is 0. The van der Waals surface area contributed by atoms with Gasteiger partial charge in [0, 0.05) is 49.5 Å². The van der Waals surface area contributed by atoms with Crippen molar-refractivity contribution in [3.63, 3.8) is 0 Å². The van der Waals surface area contributed by atoms with Crippen molar-refractivity contribution in [3.8, 4) is 17.2 Å². The molecule has 3 aromatic rings. The van der Waals surface area contributed by atoms with Crippen LogP contribution < -0.4 is 9.47 Å². The van der Waals surface area contributed by atoms with Crippen molar-refractivity contribution < 1.29 is 14.3 Å². The Morgan fingerprint density at radius 1 is 0.968 bits per heavy atom. The molecule has 0 unspecified atom stereocenters. The van der Waals surface area contributed by atoms with Crippen LogP contribution in [0.5, 0.6) is 11.5 Å². The van der Waals surface area contributed by atoms with E-state index in [9.17, 15) is 4.79 Å². The lowest BCUT2D eigenvalue weighted by Crippen LogP contribution is -2.48. The van der Waals surface area contributed by atoms with Gasteiger partial charge < -0.3 is 14.4 Å². The molecule has 7 nitrogen and oxygen atoms in total. The molecule has 31 heavy (non-hydrogen) atoms. The van der Waals surface area contributed by atoms with Crippen molar-refractivity contribution in [1.82, 2.24) is 19.6 Å². The summed E-state index contributed by atoms with van der Waals surface area (Å²) in [6, 6.07) is 15.6. The molecule has 5 rings (SSSR count). The molecule has 1 aromatic heterocycles. The molecular formula is C24H26N4O3. The fourth-order valence-electron chi connectivity index (χ4n) is 4.27. The standard InChI is InChI=1S/C24H26N4O3/c1-17-21(18(2)28(25-17)20-6-4-3-5-7-20)15-26-10-12-27(13-11-26)24(29)19-8-9-22-23(14-19)31-16-30-22/h3-9,14H,10-13,15-16H2,1-2H3. The summed E-state index contributed by atoms with van der Waals surface area (Å²) in [6.45, 7) is 8.35. The van der Waals surface area contributed by atoms with Crippen LogP contribution in [0.1, 0.15) is 27.3 Å². The van der Waals surface area contributed by atoms with Crippen LogP contribution in [0.2, 0.25) is 0 Å². The summed E-state index contributed by atoms with van der Waals surface area (Å²) >= 11 is 0. The van der Waals surface area contributed by atoms with Gasteiger partial charge in [0.2, 0.25) is 6.79 Å². The Labute approximate surface area is 181 Å². The fourth-order valence-corrected chi connectivity index (χ4v) is 4.27. The van der Waals surface area contributed by atoms with E-state index < -0.39 is 0 Å². The highest BCUT2D eigenvalue weighted by Gasteiger charge is 2.25. The number of aryl methyl sites for hydroxylation is 1. The first-order valence-corrected chi connectivity index (χ1v) is 10.6. The normalized spacial score (nSPS) is 16.0. The number of nitrogens with zero attached hydrogens (tertiary/aromatic N) is 4. The van der Waals surface area contributed by atoms with Crippen molar-refractivity contribution in [2.45, 2.75) is 20.4 Å². The zero-order valence-corrected chi connectivity index (χ0v) is 17.9. The number of ether oxygens (including phenoxy) is 2. The van der Waals surface area contributed by atoms with Crippen LogP contribution in [0.25, 0.3) is 5.69 Å². The smallest absolute Gasteiger partial charge is 0.254 e. The van der Waals surface area contributed by atoms with Gasteiger partial charge in [-0.15, -0.1) is 0 Å². The molecule has 2 aromatic carbocycles. The highest BCUT2D eigenvalue weighted by Crippen LogP contribution is 2.33. The number of rotatable bonds is 4. The van der Waals surface area contributed by atoms with E-state index in [0.717, 1.165) is 31.0 Å². The Balaban J connectivity index is 1.23. The first kappa shape index (κ1) is 19.6. The highest BCUT2D eigenvalue weighted by atomic mass is 16.7. The van der Waals surface area contributed by atoms with Gasteiger partial charge in [0.25, 0.3) is 5.91 Å². The lowest BCUT2D eigenvalue weighted by molar-refractivity contribution is 0.0627. The quantitative estimate of drug-likeness (QED) is 0.651. The number of carbonyl (C=O) groups is 1. The van der Waals surface area contributed by atoms with Crippen LogP contribution in [-0.4, -0.2) is 58.5 Å². The van der Waals surface area contributed by atoms with Gasteiger partial charge in [0.1, 0.15) is 0 Å². The first-order valence-electron chi connectivity index (χ1n) is 10.6. The molecule has 1 fully saturated rings. The van der Waals surface area contributed by atoms with E-state index in [4.69, 9.17) is 14.6 Å². The molecule has 160 valence electrons. The molecule has 0 atom stereocenters. The molecule has 0 saturated carbocycles. The van der Waals surface area contributed by atoms with Gasteiger partial charge in [0.15, 0.2) is 11.5 Å². The van der Waals surface area contributed by atoms with Crippen molar-refractivity contribution in [3.05, 3.63) is 71.0 Å². The van der Waals surface area contributed by atoms with Gasteiger partial charge in [-0.25, -0.2) is 4.68 Å². The lowest BCUT2D eigenvalue weighted by Gasteiger charge is -2.34. The summed E-state index contributed by atoms with van der Waals surface area (Å²) in [5.74, 6) is 1.39. The molecule has 0 bridgehead atoms. The Hall–Kier alpha value is -3.32. The number of aromatic nitrogens is 2. The molecule has 0 aliphatic carbocycles. The van der Waals surface area contributed by atoms with Gasteiger partial charge >= 0.3 is 0 Å². The van der Waals surface area contributed by atoms with E-state index in [1.54, 1.807) is 6.07 Å². The summed E-state index contributed by atoms with van der Waals surface area (Å²) in [5.41, 5.74) is 5.21.